The number of morpholine rings is 1. The Kier molecular flexibility index (Phi) is 4.73. The van der Waals surface area contributed by atoms with Crippen molar-refractivity contribution in [3.05, 3.63) is 40.8 Å². The molecule has 6 heteroatoms. The van der Waals surface area contributed by atoms with E-state index in [0.717, 1.165) is 21.9 Å². The highest BCUT2D eigenvalue weighted by Crippen LogP contribution is 2.31. The van der Waals surface area contributed by atoms with Crippen molar-refractivity contribution in [3.8, 4) is 10.4 Å². The first-order chi connectivity index (χ1) is 11.1. The molecule has 1 saturated heterocycles. The number of benzene rings is 1. The SMILES string of the molecule is CCC1COCCN1C(=O)c1nc(C)sc1-c1ccc(F)cc1. The number of halogens is 1. The van der Waals surface area contributed by atoms with Crippen LogP contribution in [-0.2, 0) is 4.74 Å². The Labute approximate surface area is 138 Å². The number of rotatable bonds is 3. The Morgan fingerprint density at radius 1 is 1.43 bits per heavy atom. The predicted molar refractivity (Wildman–Crippen MR) is 88.2 cm³/mol. The molecule has 1 atom stereocenters. The first kappa shape index (κ1) is 16.1. The van der Waals surface area contributed by atoms with Crippen molar-refractivity contribution in [2.45, 2.75) is 26.3 Å². The first-order valence-electron chi connectivity index (χ1n) is 7.72. The number of hydrogen-bond donors (Lipinski definition) is 0. The highest BCUT2D eigenvalue weighted by Gasteiger charge is 2.30. The number of aromatic nitrogens is 1. The number of aryl methyl sites for hydroxylation is 1. The highest BCUT2D eigenvalue weighted by atomic mass is 32.1. The fourth-order valence-corrected chi connectivity index (χ4v) is 3.68. The molecular weight excluding hydrogens is 315 g/mol. The van der Waals surface area contributed by atoms with Crippen molar-refractivity contribution < 1.29 is 13.9 Å². The van der Waals surface area contributed by atoms with Crippen molar-refractivity contribution in [2.24, 2.45) is 0 Å². The molecule has 2 aromatic rings. The standard InChI is InChI=1S/C17H19FN2O2S/c1-3-14-10-22-9-8-20(14)17(21)15-16(23-11(2)19-15)12-4-6-13(18)7-5-12/h4-7,14H,3,8-10H2,1-2H3. The Morgan fingerprint density at radius 3 is 2.87 bits per heavy atom. The van der Waals surface area contributed by atoms with Gasteiger partial charge >= 0.3 is 0 Å². The predicted octanol–water partition coefficient (Wildman–Crippen LogP) is 3.51. The molecule has 1 aromatic carbocycles. The molecule has 0 aliphatic carbocycles. The van der Waals surface area contributed by atoms with Gasteiger partial charge in [0.25, 0.3) is 5.91 Å². The van der Waals surface area contributed by atoms with Gasteiger partial charge in [0, 0.05) is 6.54 Å². The zero-order chi connectivity index (χ0) is 16.4. The van der Waals surface area contributed by atoms with Gasteiger partial charge in [-0.15, -0.1) is 11.3 Å². The Morgan fingerprint density at radius 2 is 2.17 bits per heavy atom. The van der Waals surface area contributed by atoms with Gasteiger partial charge in [0.1, 0.15) is 11.5 Å². The minimum absolute atomic E-state index is 0.0659. The van der Waals surface area contributed by atoms with Crippen LogP contribution in [0.3, 0.4) is 0 Å². The third-order valence-corrected chi connectivity index (χ3v) is 5.02. The van der Waals surface area contributed by atoms with Crippen molar-refractivity contribution in [1.82, 2.24) is 9.88 Å². The minimum atomic E-state index is -0.290. The number of amides is 1. The summed E-state index contributed by atoms with van der Waals surface area (Å²) in [6, 6.07) is 6.27. The molecule has 1 amide bonds. The molecule has 23 heavy (non-hydrogen) atoms. The van der Waals surface area contributed by atoms with Crippen LogP contribution in [-0.4, -0.2) is 41.6 Å². The lowest BCUT2D eigenvalue weighted by atomic mass is 10.1. The second-order valence-electron chi connectivity index (χ2n) is 5.55. The minimum Gasteiger partial charge on any atom is -0.377 e. The summed E-state index contributed by atoms with van der Waals surface area (Å²) in [7, 11) is 0. The number of carbonyl (C=O) groups excluding carboxylic acids is 1. The van der Waals surface area contributed by atoms with Crippen LogP contribution >= 0.6 is 11.3 Å². The highest BCUT2D eigenvalue weighted by molar-refractivity contribution is 7.15. The summed E-state index contributed by atoms with van der Waals surface area (Å²) in [5.74, 6) is -0.356. The molecular formula is C17H19FN2O2S. The molecule has 1 unspecified atom stereocenters. The fraction of sp³-hybridized carbons (Fsp3) is 0.412. The van der Waals surface area contributed by atoms with E-state index < -0.39 is 0 Å². The van der Waals surface area contributed by atoms with E-state index >= 15 is 0 Å². The number of hydrogen-bond acceptors (Lipinski definition) is 4. The number of carbonyl (C=O) groups is 1. The lowest BCUT2D eigenvalue weighted by molar-refractivity contribution is -0.00303. The van der Waals surface area contributed by atoms with Gasteiger partial charge in [0.05, 0.1) is 29.1 Å². The summed E-state index contributed by atoms with van der Waals surface area (Å²) in [6.07, 6.45) is 0.848. The van der Waals surface area contributed by atoms with Crippen molar-refractivity contribution in [1.29, 1.82) is 0 Å². The van der Waals surface area contributed by atoms with Crippen molar-refractivity contribution in [3.63, 3.8) is 0 Å². The molecule has 122 valence electrons. The van der Waals surface area contributed by atoms with Gasteiger partial charge < -0.3 is 9.64 Å². The Hall–Kier alpha value is -1.79. The van der Waals surface area contributed by atoms with E-state index in [1.165, 1.54) is 23.5 Å². The molecule has 0 spiro atoms. The van der Waals surface area contributed by atoms with Gasteiger partial charge in [0.2, 0.25) is 0 Å². The van der Waals surface area contributed by atoms with E-state index in [0.29, 0.717) is 25.5 Å². The van der Waals surface area contributed by atoms with Crippen LogP contribution in [0.15, 0.2) is 24.3 Å². The van der Waals surface area contributed by atoms with E-state index in [1.54, 1.807) is 12.1 Å². The summed E-state index contributed by atoms with van der Waals surface area (Å²) in [5, 5.41) is 0.828. The molecule has 0 bridgehead atoms. The van der Waals surface area contributed by atoms with Crippen LogP contribution in [0.25, 0.3) is 10.4 Å². The quantitative estimate of drug-likeness (QED) is 0.863. The zero-order valence-electron chi connectivity index (χ0n) is 13.2. The van der Waals surface area contributed by atoms with Crippen LogP contribution in [0, 0.1) is 12.7 Å². The van der Waals surface area contributed by atoms with Crippen LogP contribution in [0.1, 0.15) is 28.8 Å². The topological polar surface area (TPSA) is 42.4 Å². The maximum absolute atomic E-state index is 13.2. The average molecular weight is 334 g/mol. The van der Waals surface area contributed by atoms with Crippen LogP contribution in [0.2, 0.25) is 0 Å². The Balaban J connectivity index is 1.96. The molecule has 1 aromatic heterocycles. The largest absolute Gasteiger partial charge is 0.377 e. The smallest absolute Gasteiger partial charge is 0.274 e. The van der Waals surface area contributed by atoms with Crippen molar-refractivity contribution >= 4 is 17.2 Å². The molecule has 0 radical (unpaired) electrons. The molecule has 4 nitrogen and oxygen atoms in total. The molecule has 0 N–H and O–H groups in total. The van der Waals surface area contributed by atoms with E-state index in [1.807, 2.05) is 18.7 Å². The van der Waals surface area contributed by atoms with Crippen LogP contribution in [0.4, 0.5) is 4.39 Å². The second kappa shape index (κ2) is 6.76. The summed E-state index contributed by atoms with van der Waals surface area (Å²) < 4.78 is 18.6. The third kappa shape index (κ3) is 3.28. The van der Waals surface area contributed by atoms with Crippen molar-refractivity contribution in [2.75, 3.05) is 19.8 Å². The lowest BCUT2D eigenvalue weighted by Gasteiger charge is -2.34. The van der Waals surface area contributed by atoms with E-state index in [4.69, 9.17) is 4.74 Å². The first-order valence-corrected chi connectivity index (χ1v) is 8.54. The number of ether oxygens (including phenoxy) is 1. The molecule has 2 heterocycles. The van der Waals surface area contributed by atoms with Gasteiger partial charge in [0.15, 0.2) is 0 Å². The van der Waals surface area contributed by atoms with Gasteiger partial charge in [-0.2, -0.15) is 0 Å². The van der Waals surface area contributed by atoms with Crippen LogP contribution < -0.4 is 0 Å². The lowest BCUT2D eigenvalue weighted by Crippen LogP contribution is -2.48. The molecule has 1 fully saturated rings. The monoisotopic (exact) mass is 334 g/mol. The normalized spacial score (nSPS) is 18.2. The van der Waals surface area contributed by atoms with Gasteiger partial charge in [-0.25, -0.2) is 9.37 Å². The zero-order valence-corrected chi connectivity index (χ0v) is 14.0. The summed E-state index contributed by atoms with van der Waals surface area (Å²) in [5.41, 5.74) is 1.28. The summed E-state index contributed by atoms with van der Waals surface area (Å²) >= 11 is 1.46. The van der Waals surface area contributed by atoms with Crippen LogP contribution in [0.5, 0.6) is 0 Å². The maximum Gasteiger partial charge on any atom is 0.274 e. The number of nitrogens with zero attached hydrogens (tertiary/aromatic N) is 2. The molecule has 0 saturated carbocycles. The van der Waals surface area contributed by atoms with Gasteiger partial charge in [-0.3, -0.25) is 4.79 Å². The van der Waals surface area contributed by atoms with E-state index in [9.17, 15) is 9.18 Å². The molecule has 3 rings (SSSR count). The molecule has 1 aliphatic heterocycles. The Bertz CT molecular complexity index is 699. The second-order valence-corrected chi connectivity index (χ2v) is 6.76. The average Bonchev–Trinajstić information content (AvgIpc) is 2.96. The van der Waals surface area contributed by atoms with E-state index in [-0.39, 0.29) is 17.8 Å². The maximum atomic E-state index is 13.2. The third-order valence-electron chi connectivity index (χ3n) is 4.00. The molecule has 1 aliphatic rings. The van der Waals surface area contributed by atoms with E-state index in [2.05, 4.69) is 4.98 Å². The summed E-state index contributed by atoms with van der Waals surface area (Å²) in [6.45, 7) is 5.63. The summed E-state index contributed by atoms with van der Waals surface area (Å²) in [4.78, 5) is 20.1. The van der Waals surface area contributed by atoms with Gasteiger partial charge in [-0.05, 0) is 31.0 Å². The van der Waals surface area contributed by atoms with Gasteiger partial charge in [-0.1, -0.05) is 19.1 Å². The number of thiazole rings is 1. The fourth-order valence-electron chi connectivity index (χ4n) is 2.77.